The molecule has 1 saturated heterocycles. The topological polar surface area (TPSA) is 90.2 Å². The molecule has 1 aliphatic rings. The molecule has 0 aromatic heterocycles. The number of aliphatic hydroxyl groups excluding tert-OH is 4. The summed E-state index contributed by atoms with van der Waals surface area (Å²) in [5, 5.41) is 35.5. The van der Waals surface area contributed by atoms with Crippen LogP contribution in [0.25, 0.3) is 0 Å². The molecular weight excluding hydrogens is 1140 g/mol. The molecule has 0 aromatic carbocycles. The SMILES string of the molecule is OCC1O[C@@H](Br)C(O)C(O)[C@H]1O.[Ac].[Ac].[Ac].[Ac]. The minimum Gasteiger partial charge on any atom is -0.394 e. The summed E-state index contributed by atoms with van der Waals surface area (Å²) in [6.07, 6.45) is -4.57. The van der Waals surface area contributed by atoms with Crippen molar-refractivity contribution in [3.63, 3.8) is 0 Å². The van der Waals surface area contributed by atoms with Gasteiger partial charge in [0.1, 0.15) is 29.4 Å². The predicted molar refractivity (Wildman–Crippen MR) is 42.7 cm³/mol. The average Bonchev–Trinajstić information content (AvgIpc) is 2.08. The van der Waals surface area contributed by atoms with Gasteiger partial charge in [0.05, 0.1) is 6.61 Å². The second kappa shape index (κ2) is 15.9. The fourth-order valence-corrected chi connectivity index (χ4v) is 1.65. The van der Waals surface area contributed by atoms with Crippen LogP contribution in [0.1, 0.15) is 0 Å². The molecule has 0 bridgehead atoms. The van der Waals surface area contributed by atoms with Gasteiger partial charge in [-0.1, -0.05) is 15.9 Å². The number of alkyl halides is 1. The minimum absolute atomic E-state index is 0. The molecule has 3 unspecified atom stereocenters. The first-order valence-corrected chi connectivity index (χ1v) is 4.44. The van der Waals surface area contributed by atoms with E-state index in [2.05, 4.69) is 15.9 Å². The van der Waals surface area contributed by atoms with Crippen LogP contribution in [0, 0.1) is 176 Å². The molecule has 1 aliphatic heterocycles. The maximum atomic E-state index is 9.21. The van der Waals surface area contributed by atoms with Gasteiger partial charge in [-0.2, -0.15) is 0 Å². The Bertz CT molecular complexity index is 163. The third-order valence-electron chi connectivity index (χ3n) is 1.83. The van der Waals surface area contributed by atoms with Crippen molar-refractivity contribution in [3.05, 3.63) is 0 Å². The monoisotopic (exact) mass is 1150 g/mol. The van der Waals surface area contributed by atoms with E-state index in [1.807, 2.05) is 0 Å². The zero-order chi connectivity index (χ0) is 9.30. The van der Waals surface area contributed by atoms with Gasteiger partial charge in [0.25, 0.3) is 0 Å². The molecule has 10 heteroatoms. The number of halogens is 1. The van der Waals surface area contributed by atoms with Gasteiger partial charge in [-0.3, -0.25) is 0 Å². The van der Waals surface area contributed by atoms with Crippen molar-refractivity contribution in [2.45, 2.75) is 29.4 Å². The average molecular weight is 1150 g/mol. The molecule has 1 rings (SSSR count). The van der Waals surface area contributed by atoms with Crippen LogP contribution in [0.15, 0.2) is 0 Å². The third-order valence-corrected chi connectivity index (χ3v) is 2.59. The van der Waals surface area contributed by atoms with Crippen LogP contribution in [0.4, 0.5) is 0 Å². The maximum Gasteiger partial charge on any atom is 0.141 e. The molecule has 0 amide bonds. The van der Waals surface area contributed by atoms with E-state index in [4.69, 9.17) is 14.9 Å². The molecule has 5 nitrogen and oxygen atoms in total. The maximum absolute atomic E-state index is 9.21. The third kappa shape index (κ3) is 9.24. The number of ether oxygens (including phenoxy) is 1. The van der Waals surface area contributed by atoms with Gasteiger partial charge in [0.2, 0.25) is 0 Å². The van der Waals surface area contributed by atoms with Crippen LogP contribution in [-0.4, -0.2) is 56.5 Å². The van der Waals surface area contributed by atoms with Crippen LogP contribution < -0.4 is 0 Å². The smallest absolute Gasteiger partial charge is 0.141 e. The Labute approximate surface area is 246 Å². The van der Waals surface area contributed by atoms with Gasteiger partial charge in [-0.15, -0.1) is 0 Å². The summed E-state index contributed by atoms with van der Waals surface area (Å²) in [7, 11) is 0. The Kier molecular flexibility index (Phi) is 29.8. The fraction of sp³-hybridized carbons (Fsp3) is 1.00. The summed E-state index contributed by atoms with van der Waals surface area (Å²) >= 11 is 2.95. The van der Waals surface area contributed by atoms with Crippen molar-refractivity contribution in [3.8, 4) is 0 Å². The van der Waals surface area contributed by atoms with Crippen molar-refractivity contribution < 1.29 is 201 Å². The van der Waals surface area contributed by atoms with Gasteiger partial charge >= 0.3 is 0 Å². The molecule has 0 saturated carbocycles. The molecule has 0 spiro atoms. The van der Waals surface area contributed by atoms with Crippen molar-refractivity contribution in [1.29, 1.82) is 0 Å². The molecule has 4 radical (unpaired) electrons. The largest absolute Gasteiger partial charge is 0.394 e. The van der Waals surface area contributed by atoms with E-state index >= 15 is 0 Å². The van der Waals surface area contributed by atoms with Crippen molar-refractivity contribution in [1.82, 2.24) is 0 Å². The van der Waals surface area contributed by atoms with E-state index in [0.717, 1.165) is 0 Å². The van der Waals surface area contributed by atoms with Crippen molar-refractivity contribution >= 4 is 15.9 Å². The Morgan fingerprint density at radius 2 is 1.31 bits per heavy atom. The first kappa shape index (κ1) is 30.0. The zero-order valence-electron chi connectivity index (χ0n) is 8.48. The van der Waals surface area contributed by atoms with Crippen LogP contribution in [0.2, 0.25) is 0 Å². The number of aliphatic hydroxyl groups is 4. The second-order valence-electron chi connectivity index (χ2n) is 2.68. The summed E-state index contributed by atoms with van der Waals surface area (Å²) in [4.78, 5) is 0. The minimum atomic E-state index is -1.29. The second-order valence-corrected chi connectivity index (χ2v) is 3.58. The summed E-state index contributed by atoms with van der Waals surface area (Å²) in [6.45, 7) is -0.396. The summed E-state index contributed by atoms with van der Waals surface area (Å²) < 4.78 is 4.94. The molecule has 5 atom stereocenters. The van der Waals surface area contributed by atoms with E-state index in [9.17, 15) is 10.2 Å². The quantitative estimate of drug-likeness (QED) is 0.233. The number of rotatable bonds is 1. The Morgan fingerprint density at radius 3 is 1.69 bits per heavy atom. The van der Waals surface area contributed by atoms with E-state index in [1.165, 1.54) is 0 Å². The number of hydrogen-bond donors (Lipinski definition) is 4. The fourth-order valence-electron chi connectivity index (χ4n) is 1.06. The summed E-state index contributed by atoms with van der Waals surface area (Å²) in [5.41, 5.74) is 0. The molecule has 1 fully saturated rings. The van der Waals surface area contributed by atoms with Gasteiger partial charge in [0, 0.05) is 176 Å². The first-order valence-electron chi connectivity index (χ1n) is 3.52. The molecule has 16 heavy (non-hydrogen) atoms. The Hall–Kier alpha value is 6.05. The van der Waals surface area contributed by atoms with Gasteiger partial charge < -0.3 is 25.2 Å². The molecular formula is C6H11Ac4BrO5. The van der Waals surface area contributed by atoms with Crippen LogP contribution in [0.3, 0.4) is 0 Å². The van der Waals surface area contributed by atoms with Crippen LogP contribution in [-0.2, 0) is 4.74 Å². The molecule has 0 aromatic rings. The summed E-state index contributed by atoms with van der Waals surface area (Å²) in [6, 6.07) is 0. The van der Waals surface area contributed by atoms with Gasteiger partial charge in [0.15, 0.2) is 0 Å². The Balaban J connectivity index is -0.000000180. The van der Waals surface area contributed by atoms with Crippen molar-refractivity contribution in [2.24, 2.45) is 0 Å². The number of hydrogen-bond acceptors (Lipinski definition) is 5. The van der Waals surface area contributed by atoms with Crippen molar-refractivity contribution in [2.75, 3.05) is 6.61 Å². The zero-order valence-corrected chi connectivity index (χ0v) is 29.0. The normalized spacial score (nSPS) is 36.9. The molecule has 4 N–H and O–H groups in total. The van der Waals surface area contributed by atoms with E-state index < -0.39 is 36.0 Å². The first-order chi connectivity index (χ1) is 5.57. The van der Waals surface area contributed by atoms with E-state index in [0.29, 0.717) is 0 Å². The standard InChI is InChI=1S/C6H11BrO5.4Ac/c7-6-5(11)4(10)3(9)2(1-8)12-6;;;;/h2-6,8-11H,1H2;;;;/t2?,3-,4?,5?,6+;;;;/m0..../s1. The summed E-state index contributed by atoms with van der Waals surface area (Å²) in [5.74, 6) is 0. The molecule has 1 heterocycles. The van der Waals surface area contributed by atoms with Crippen LogP contribution in [0.5, 0.6) is 0 Å². The van der Waals surface area contributed by atoms with E-state index in [-0.39, 0.29) is 176 Å². The van der Waals surface area contributed by atoms with Gasteiger partial charge in [-0.25, -0.2) is 0 Å². The van der Waals surface area contributed by atoms with E-state index in [1.54, 1.807) is 0 Å². The Morgan fingerprint density at radius 1 is 0.875 bits per heavy atom. The van der Waals surface area contributed by atoms with Crippen LogP contribution >= 0.6 is 15.9 Å². The van der Waals surface area contributed by atoms with Gasteiger partial charge in [-0.05, 0) is 0 Å². The molecule has 84 valence electrons. The predicted octanol–water partition coefficient (Wildman–Crippen LogP) is -1.82. The molecule has 0 aliphatic carbocycles.